The van der Waals surface area contributed by atoms with Crippen LogP contribution < -0.4 is 5.32 Å². The summed E-state index contributed by atoms with van der Waals surface area (Å²) in [6, 6.07) is 9.42. The van der Waals surface area contributed by atoms with Gasteiger partial charge in [-0.1, -0.05) is 24.3 Å². The molecule has 1 aromatic carbocycles. The van der Waals surface area contributed by atoms with E-state index in [0.717, 1.165) is 12.3 Å². The first-order valence-electron chi connectivity index (χ1n) is 7.48. The fourth-order valence-corrected chi connectivity index (χ4v) is 3.41. The minimum Gasteiger partial charge on any atom is -0.316 e. The molecule has 0 radical (unpaired) electrons. The van der Waals surface area contributed by atoms with Gasteiger partial charge >= 0.3 is 0 Å². The molecule has 0 saturated carbocycles. The smallest absolute Gasteiger partial charge is 0.0522 e. The second-order valence-corrected chi connectivity index (χ2v) is 5.89. The molecule has 3 rings (SSSR count). The molecule has 1 heterocycles. The lowest BCUT2D eigenvalue weighted by Crippen LogP contribution is -2.38. The number of aromatic nitrogens is 2. The van der Waals surface area contributed by atoms with Crippen molar-refractivity contribution in [2.75, 3.05) is 7.05 Å². The van der Waals surface area contributed by atoms with Crippen molar-refractivity contribution in [3.63, 3.8) is 0 Å². The SMILES string of the molecule is CNC(Cc1cnn(C)c1)C1CCc2ccccc2C1. The van der Waals surface area contributed by atoms with Crippen molar-refractivity contribution in [1.82, 2.24) is 15.1 Å². The van der Waals surface area contributed by atoms with Gasteiger partial charge in [0.25, 0.3) is 0 Å². The maximum Gasteiger partial charge on any atom is 0.0522 e. The molecule has 0 saturated heterocycles. The van der Waals surface area contributed by atoms with Crippen molar-refractivity contribution in [3.05, 3.63) is 53.3 Å². The van der Waals surface area contributed by atoms with E-state index >= 15 is 0 Å². The van der Waals surface area contributed by atoms with Gasteiger partial charge in [-0.2, -0.15) is 5.10 Å². The predicted octanol–water partition coefficient (Wildman–Crippen LogP) is 2.36. The molecule has 20 heavy (non-hydrogen) atoms. The van der Waals surface area contributed by atoms with E-state index in [0.29, 0.717) is 6.04 Å². The molecule has 1 aliphatic rings. The van der Waals surface area contributed by atoms with Crippen molar-refractivity contribution in [3.8, 4) is 0 Å². The highest BCUT2D eigenvalue weighted by Crippen LogP contribution is 2.28. The Balaban J connectivity index is 1.71. The summed E-state index contributed by atoms with van der Waals surface area (Å²) >= 11 is 0. The molecule has 1 N–H and O–H groups in total. The maximum absolute atomic E-state index is 4.27. The first kappa shape index (κ1) is 13.4. The van der Waals surface area contributed by atoms with Crippen LogP contribution in [0.1, 0.15) is 23.1 Å². The Morgan fingerprint density at radius 3 is 2.85 bits per heavy atom. The van der Waals surface area contributed by atoms with Crippen LogP contribution >= 0.6 is 0 Å². The van der Waals surface area contributed by atoms with Crippen molar-refractivity contribution in [1.29, 1.82) is 0 Å². The van der Waals surface area contributed by atoms with Gasteiger partial charge in [-0.25, -0.2) is 0 Å². The van der Waals surface area contributed by atoms with Gasteiger partial charge in [0.2, 0.25) is 0 Å². The van der Waals surface area contributed by atoms with Gasteiger partial charge in [-0.3, -0.25) is 4.68 Å². The quantitative estimate of drug-likeness (QED) is 0.923. The number of nitrogens with one attached hydrogen (secondary N) is 1. The number of hydrogen-bond acceptors (Lipinski definition) is 2. The molecule has 0 bridgehead atoms. The molecule has 3 heteroatoms. The molecule has 2 aromatic rings. The van der Waals surface area contributed by atoms with Crippen LogP contribution in [-0.2, 0) is 26.3 Å². The summed E-state index contributed by atoms with van der Waals surface area (Å²) in [5, 5.41) is 7.80. The normalized spacial score (nSPS) is 19.6. The summed E-state index contributed by atoms with van der Waals surface area (Å²) in [5.41, 5.74) is 4.40. The highest BCUT2D eigenvalue weighted by Gasteiger charge is 2.25. The standard InChI is InChI=1S/C17H23N3/c1-18-17(9-13-11-19-20(2)12-13)16-8-7-14-5-3-4-6-15(14)10-16/h3-6,11-12,16-18H,7-10H2,1-2H3. The van der Waals surface area contributed by atoms with E-state index in [1.54, 1.807) is 5.56 Å². The summed E-state index contributed by atoms with van der Waals surface area (Å²) < 4.78 is 1.89. The number of benzene rings is 1. The zero-order valence-electron chi connectivity index (χ0n) is 12.3. The molecular formula is C17H23N3. The van der Waals surface area contributed by atoms with E-state index in [-0.39, 0.29) is 0 Å². The highest BCUT2D eigenvalue weighted by atomic mass is 15.2. The maximum atomic E-state index is 4.27. The molecular weight excluding hydrogens is 246 g/mol. The number of hydrogen-bond donors (Lipinski definition) is 1. The van der Waals surface area contributed by atoms with Crippen molar-refractivity contribution in [2.45, 2.75) is 31.7 Å². The Morgan fingerprint density at radius 2 is 2.15 bits per heavy atom. The number of rotatable bonds is 4. The molecule has 0 amide bonds. The van der Waals surface area contributed by atoms with Crippen molar-refractivity contribution < 1.29 is 0 Å². The molecule has 0 fully saturated rings. The summed E-state index contributed by atoms with van der Waals surface area (Å²) in [4.78, 5) is 0. The summed E-state index contributed by atoms with van der Waals surface area (Å²) in [7, 11) is 4.07. The largest absolute Gasteiger partial charge is 0.316 e. The Labute approximate surface area is 121 Å². The molecule has 1 aliphatic carbocycles. The summed E-state index contributed by atoms with van der Waals surface area (Å²) in [6.45, 7) is 0. The molecule has 2 unspecified atom stereocenters. The summed E-state index contributed by atoms with van der Waals surface area (Å²) in [5.74, 6) is 0.718. The first-order valence-corrected chi connectivity index (χ1v) is 7.48. The average molecular weight is 269 g/mol. The third-order valence-electron chi connectivity index (χ3n) is 4.54. The number of fused-ring (bicyclic) bond motifs is 1. The van der Waals surface area contributed by atoms with Gasteiger partial charge in [0.15, 0.2) is 0 Å². The van der Waals surface area contributed by atoms with E-state index in [4.69, 9.17) is 0 Å². The fraction of sp³-hybridized carbons (Fsp3) is 0.471. The van der Waals surface area contributed by atoms with Gasteiger partial charge in [-0.05, 0) is 55.3 Å². The van der Waals surface area contributed by atoms with Crippen LogP contribution in [0.2, 0.25) is 0 Å². The average Bonchev–Trinajstić information content (AvgIpc) is 2.89. The Hall–Kier alpha value is -1.61. The first-order chi connectivity index (χ1) is 9.76. The molecule has 1 aromatic heterocycles. The molecule has 106 valence electrons. The Bertz CT molecular complexity index is 573. The molecule has 3 nitrogen and oxygen atoms in total. The van der Waals surface area contributed by atoms with E-state index in [2.05, 4.69) is 47.9 Å². The van der Waals surface area contributed by atoms with Gasteiger partial charge in [0.05, 0.1) is 6.20 Å². The lowest BCUT2D eigenvalue weighted by atomic mass is 9.78. The topological polar surface area (TPSA) is 29.9 Å². The summed E-state index contributed by atoms with van der Waals surface area (Å²) in [6.07, 6.45) is 8.87. The van der Waals surface area contributed by atoms with Gasteiger partial charge in [-0.15, -0.1) is 0 Å². The zero-order valence-corrected chi connectivity index (χ0v) is 12.3. The lowest BCUT2D eigenvalue weighted by molar-refractivity contribution is 0.333. The second kappa shape index (κ2) is 5.80. The van der Waals surface area contributed by atoms with E-state index < -0.39 is 0 Å². The Kier molecular flexibility index (Phi) is 3.88. The van der Waals surface area contributed by atoms with E-state index in [9.17, 15) is 0 Å². The van der Waals surface area contributed by atoms with Crippen LogP contribution in [-0.4, -0.2) is 22.9 Å². The third kappa shape index (κ3) is 2.78. The third-order valence-corrected chi connectivity index (χ3v) is 4.54. The number of likely N-dealkylation sites (N-methyl/N-ethyl adjacent to an activating group) is 1. The van der Waals surface area contributed by atoms with Crippen LogP contribution in [0.25, 0.3) is 0 Å². The lowest BCUT2D eigenvalue weighted by Gasteiger charge is -2.31. The minimum absolute atomic E-state index is 0.535. The fourth-order valence-electron chi connectivity index (χ4n) is 3.41. The van der Waals surface area contributed by atoms with Crippen LogP contribution in [0.15, 0.2) is 36.7 Å². The second-order valence-electron chi connectivity index (χ2n) is 5.89. The molecule has 0 aliphatic heterocycles. The van der Waals surface area contributed by atoms with Crippen LogP contribution in [0.4, 0.5) is 0 Å². The van der Waals surface area contributed by atoms with Crippen LogP contribution in [0.3, 0.4) is 0 Å². The van der Waals surface area contributed by atoms with Gasteiger partial charge in [0, 0.05) is 19.3 Å². The van der Waals surface area contributed by atoms with E-state index in [1.807, 2.05) is 17.9 Å². The molecule has 0 spiro atoms. The number of aryl methyl sites for hydroxylation is 2. The highest BCUT2D eigenvalue weighted by molar-refractivity contribution is 5.30. The number of nitrogens with zero attached hydrogens (tertiary/aromatic N) is 2. The monoisotopic (exact) mass is 269 g/mol. The predicted molar refractivity (Wildman–Crippen MR) is 81.7 cm³/mol. The van der Waals surface area contributed by atoms with Crippen molar-refractivity contribution >= 4 is 0 Å². The van der Waals surface area contributed by atoms with Crippen LogP contribution in [0.5, 0.6) is 0 Å². The van der Waals surface area contributed by atoms with Crippen molar-refractivity contribution in [2.24, 2.45) is 13.0 Å². The van der Waals surface area contributed by atoms with Gasteiger partial charge < -0.3 is 5.32 Å². The minimum atomic E-state index is 0.535. The zero-order chi connectivity index (χ0) is 13.9. The molecule has 2 atom stereocenters. The Morgan fingerprint density at radius 1 is 1.35 bits per heavy atom. The van der Waals surface area contributed by atoms with E-state index in [1.165, 1.54) is 30.4 Å². The van der Waals surface area contributed by atoms with Crippen LogP contribution in [0, 0.1) is 5.92 Å². The van der Waals surface area contributed by atoms with Gasteiger partial charge in [0.1, 0.15) is 0 Å².